The van der Waals surface area contributed by atoms with Crippen molar-refractivity contribution in [2.24, 2.45) is 0 Å². The van der Waals surface area contributed by atoms with Crippen LogP contribution in [0.15, 0.2) is 45.8 Å². The molecule has 22 heavy (non-hydrogen) atoms. The molecular formula is C14H13BrFNO4S. The van der Waals surface area contributed by atoms with E-state index in [1.807, 2.05) is 0 Å². The minimum absolute atomic E-state index is 0.0184. The smallest absolute Gasteiger partial charge is 0.261 e. The minimum atomic E-state index is -3.90. The number of anilines is 1. The van der Waals surface area contributed by atoms with Crippen LogP contribution in [0.1, 0.15) is 0 Å². The van der Waals surface area contributed by atoms with Crippen molar-refractivity contribution in [2.45, 2.75) is 4.90 Å². The zero-order chi connectivity index (χ0) is 16.3. The second kappa shape index (κ2) is 6.53. The molecule has 0 spiro atoms. The molecule has 0 heterocycles. The minimum Gasteiger partial charge on any atom is -0.493 e. The Morgan fingerprint density at radius 1 is 1.05 bits per heavy atom. The second-order valence-corrected chi connectivity index (χ2v) is 6.84. The van der Waals surface area contributed by atoms with E-state index in [1.54, 1.807) is 12.1 Å². The van der Waals surface area contributed by atoms with E-state index >= 15 is 0 Å². The Bertz CT molecular complexity index is 778. The van der Waals surface area contributed by atoms with E-state index in [4.69, 9.17) is 9.47 Å². The van der Waals surface area contributed by atoms with Crippen molar-refractivity contribution in [3.8, 4) is 11.5 Å². The fourth-order valence-electron chi connectivity index (χ4n) is 1.75. The van der Waals surface area contributed by atoms with Gasteiger partial charge >= 0.3 is 0 Å². The molecule has 0 aliphatic carbocycles. The predicted octanol–water partition coefficient (Wildman–Crippen LogP) is 3.41. The van der Waals surface area contributed by atoms with Crippen LogP contribution in [0, 0.1) is 5.82 Å². The van der Waals surface area contributed by atoms with Crippen molar-refractivity contribution in [1.82, 2.24) is 0 Å². The first-order valence-corrected chi connectivity index (χ1v) is 8.35. The van der Waals surface area contributed by atoms with Crippen LogP contribution in [0.25, 0.3) is 0 Å². The van der Waals surface area contributed by atoms with E-state index in [0.717, 1.165) is 10.5 Å². The number of hydrogen-bond donors (Lipinski definition) is 1. The molecule has 2 aromatic carbocycles. The van der Waals surface area contributed by atoms with E-state index in [1.165, 1.54) is 32.4 Å². The number of halogens is 2. The lowest BCUT2D eigenvalue weighted by molar-refractivity contribution is 0.353. The molecular weight excluding hydrogens is 377 g/mol. The van der Waals surface area contributed by atoms with Crippen LogP contribution < -0.4 is 14.2 Å². The third-order valence-corrected chi connectivity index (χ3v) is 4.75. The predicted molar refractivity (Wildman–Crippen MR) is 84.5 cm³/mol. The number of nitrogens with one attached hydrogen (secondary N) is 1. The van der Waals surface area contributed by atoms with Crippen LogP contribution in [0.4, 0.5) is 10.1 Å². The summed E-state index contributed by atoms with van der Waals surface area (Å²) >= 11 is 3.22. The fourth-order valence-corrected chi connectivity index (χ4v) is 3.07. The molecule has 5 nitrogen and oxygen atoms in total. The van der Waals surface area contributed by atoms with E-state index < -0.39 is 15.8 Å². The number of rotatable bonds is 5. The lowest BCUT2D eigenvalue weighted by Crippen LogP contribution is -2.14. The van der Waals surface area contributed by atoms with E-state index in [0.29, 0.717) is 0 Å². The summed E-state index contributed by atoms with van der Waals surface area (Å²) in [7, 11) is -1.16. The van der Waals surface area contributed by atoms with Crippen LogP contribution in [-0.2, 0) is 10.0 Å². The molecule has 1 N–H and O–H groups in total. The van der Waals surface area contributed by atoms with Crippen molar-refractivity contribution in [2.75, 3.05) is 18.9 Å². The summed E-state index contributed by atoms with van der Waals surface area (Å²) in [5.74, 6) is -0.373. The van der Waals surface area contributed by atoms with Crippen molar-refractivity contribution < 1.29 is 22.3 Å². The summed E-state index contributed by atoms with van der Waals surface area (Å²) in [6, 6.07) is 8.26. The van der Waals surface area contributed by atoms with E-state index in [2.05, 4.69) is 20.7 Å². The Labute approximate surface area is 136 Å². The highest BCUT2D eigenvalue weighted by molar-refractivity contribution is 9.10. The highest BCUT2D eigenvalue weighted by atomic mass is 79.9. The van der Waals surface area contributed by atoms with Crippen LogP contribution in [0.3, 0.4) is 0 Å². The summed E-state index contributed by atoms with van der Waals surface area (Å²) < 4.78 is 51.4. The zero-order valence-electron chi connectivity index (χ0n) is 11.8. The molecule has 118 valence electrons. The second-order valence-electron chi connectivity index (χ2n) is 4.25. The maximum Gasteiger partial charge on any atom is 0.261 e. The molecule has 0 aromatic heterocycles. The SMILES string of the molecule is COc1cc(F)c(NS(=O)(=O)c2ccc(Br)cc2)cc1OC. The van der Waals surface area contributed by atoms with Gasteiger partial charge in [0.1, 0.15) is 0 Å². The van der Waals surface area contributed by atoms with E-state index in [9.17, 15) is 12.8 Å². The Balaban J connectivity index is 2.39. The van der Waals surface area contributed by atoms with Crippen LogP contribution in [0.2, 0.25) is 0 Å². The van der Waals surface area contributed by atoms with Crippen molar-refractivity contribution in [1.29, 1.82) is 0 Å². The van der Waals surface area contributed by atoms with Gasteiger partial charge in [0, 0.05) is 16.6 Å². The van der Waals surface area contributed by atoms with Gasteiger partial charge in [-0.3, -0.25) is 4.72 Å². The standard InChI is InChI=1S/C14H13BrFNO4S/c1-20-13-7-11(16)12(8-14(13)21-2)17-22(18,19)10-5-3-9(15)4-6-10/h3-8,17H,1-2H3. The molecule has 0 amide bonds. The molecule has 0 unspecified atom stereocenters. The third-order valence-electron chi connectivity index (χ3n) is 2.84. The first-order valence-electron chi connectivity index (χ1n) is 6.07. The Morgan fingerprint density at radius 3 is 2.14 bits per heavy atom. The number of ether oxygens (including phenoxy) is 2. The number of benzene rings is 2. The van der Waals surface area contributed by atoms with Gasteiger partial charge in [0.05, 0.1) is 24.8 Å². The molecule has 0 saturated carbocycles. The summed E-state index contributed by atoms with van der Waals surface area (Å²) in [5.41, 5.74) is -0.222. The van der Waals surface area contributed by atoms with Crippen molar-refractivity contribution in [3.63, 3.8) is 0 Å². The van der Waals surface area contributed by atoms with Crippen molar-refractivity contribution >= 4 is 31.6 Å². The molecule has 8 heteroatoms. The molecule has 2 rings (SSSR count). The van der Waals surface area contributed by atoms with Gasteiger partial charge in [-0.1, -0.05) is 15.9 Å². The maximum absolute atomic E-state index is 14.0. The molecule has 0 saturated heterocycles. The first kappa shape index (κ1) is 16.6. The molecule has 0 aliphatic rings. The Hall–Kier alpha value is -1.80. The normalized spacial score (nSPS) is 11.1. The molecule has 0 bridgehead atoms. The van der Waals surface area contributed by atoms with Crippen LogP contribution >= 0.6 is 15.9 Å². The highest BCUT2D eigenvalue weighted by Crippen LogP contribution is 2.33. The number of hydrogen-bond acceptors (Lipinski definition) is 4. The van der Waals surface area contributed by atoms with Gasteiger partial charge in [0.25, 0.3) is 10.0 Å². The molecule has 0 atom stereocenters. The topological polar surface area (TPSA) is 64.6 Å². The molecule has 0 fully saturated rings. The summed E-state index contributed by atoms with van der Waals surface area (Å²) in [6.45, 7) is 0. The molecule has 0 radical (unpaired) electrons. The Kier molecular flexibility index (Phi) is 4.92. The van der Waals surface area contributed by atoms with Gasteiger partial charge in [-0.05, 0) is 24.3 Å². The monoisotopic (exact) mass is 389 g/mol. The molecule has 2 aromatic rings. The zero-order valence-corrected chi connectivity index (χ0v) is 14.2. The van der Waals surface area contributed by atoms with Crippen LogP contribution in [-0.4, -0.2) is 22.6 Å². The van der Waals surface area contributed by atoms with Gasteiger partial charge in [0.2, 0.25) is 0 Å². The summed E-state index contributed by atoms with van der Waals surface area (Å²) in [6.07, 6.45) is 0. The maximum atomic E-state index is 14.0. The lowest BCUT2D eigenvalue weighted by atomic mass is 10.2. The quantitative estimate of drug-likeness (QED) is 0.850. The lowest BCUT2D eigenvalue weighted by Gasteiger charge is -2.13. The Morgan fingerprint density at radius 2 is 1.59 bits per heavy atom. The van der Waals surface area contributed by atoms with Gasteiger partial charge < -0.3 is 9.47 Å². The average molecular weight is 390 g/mol. The summed E-state index contributed by atoms with van der Waals surface area (Å²) in [4.78, 5) is 0.0184. The largest absolute Gasteiger partial charge is 0.493 e. The highest BCUT2D eigenvalue weighted by Gasteiger charge is 2.18. The fraction of sp³-hybridized carbons (Fsp3) is 0.143. The first-order chi connectivity index (χ1) is 10.4. The number of sulfonamides is 1. The van der Waals surface area contributed by atoms with Crippen molar-refractivity contribution in [3.05, 3.63) is 46.7 Å². The number of methoxy groups -OCH3 is 2. The van der Waals surface area contributed by atoms with Gasteiger partial charge in [-0.25, -0.2) is 12.8 Å². The van der Waals surface area contributed by atoms with Gasteiger partial charge in [-0.15, -0.1) is 0 Å². The van der Waals surface area contributed by atoms with Crippen LogP contribution in [0.5, 0.6) is 11.5 Å². The van der Waals surface area contributed by atoms with Gasteiger partial charge in [-0.2, -0.15) is 0 Å². The van der Waals surface area contributed by atoms with E-state index in [-0.39, 0.29) is 22.1 Å². The molecule has 0 aliphatic heterocycles. The average Bonchev–Trinajstić information content (AvgIpc) is 2.49. The third kappa shape index (κ3) is 3.50. The summed E-state index contributed by atoms with van der Waals surface area (Å²) in [5, 5.41) is 0. The van der Waals surface area contributed by atoms with Gasteiger partial charge in [0.15, 0.2) is 17.3 Å².